The van der Waals surface area contributed by atoms with Crippen LogP contribution in [0.1, 0.15) is 11.1 Å². The highest BCUT2D eigenvalue weighted by Gasteiger charge is 2.13. The van der Waals surface area contributed by atoms with Gasteiger partial charge in [-0.3, -0.25) is 9.36 Å². The monoisotopic (exact) mass is 351 g/mol. The molecule has 0 spiro atoms. The first-order valence-corrected chi connectivity index (χ1v) is 8.07. The number of rotatable bonds is 2. The van der Waals surface area contributed by atoms with Crippen LogP contribution in [-0.2, 0) is 0 Å². The van der Waals surface area contributed by atoms with Crippen molar-refractivity contribution >= 4 is 5.65 Å². The Balaban J connectivity index is 1.90. The van der Waals surface area contributed by atoms with E-state index in [1.165, 1.54) is 10.6 Å². The Kier molecular flexibility index (Phi) is 3.68. The van der Waals surface area contributed by atoms with Crippen molar-refractivity contribution in [3.63, 3.8) is 0 Å². The van der Waals surface area contributed by atoms with Crippen molar-refractivity contribution in [2.75, 3.05) is 0 Å². The molecule has 2 aromatic carbocycles. The van der Waals surface area contributed by atoms with E-state index in [0.717, 1.165) is 28.9 Å². The standard InChI is InChI=1S/C20H15F2N3O/c1-12-7-13(2)9-15(8-12)25-6-5-24-11-18(23-19(24)20(25)26)16-4-3-14(21)10-17(16)22/h3-11H,1-2H3. The topological polar surface area (TPSA) is 39.3 Å². The number of fused-ring (bicyclic) bond motifs is 1. The van der Waals surface area contributed by atoms with E-state index < -0.39 is 11.6 Å². The normalized spacial score (nSPS) is 11.2. The summed E-state index contributed by atoms with van der Waals surface area (Å²) in [4.78, 5) is 17.1. The van der Waals surface area contributed by atoms with Gasteiger partial charge in [-0.2, -0.15) is 0 Å². The molecule has 4 nitrogen and oxygen atoms in total. The zero-order chi connectivity index (χ0) is 18.4. The van der Waals surface area contributed by atoms with Crippen molar-refractivity contribution in [2.24, 2.45) is 0 Å². The highest BCUT2D eigenvalue weighted by atomic mass is 19.1. The second-order valence-corrected chi connectivity index (χ2v) is 6.30. The highest BCUT2D eigenvalue weighted by Crippen LogP contribution is 2.22. The van der Waals surface area contributed by atoms with Crippen molar-refractivity contribution < 1.29 is 8.78 Å². The second kappa shape index (κ2) is 5.91. The molecule has 6 heteroatoms. The van der Waals surface area contributed by atoms with Crippen molar-refractivity contribution in [2.45, 2.75) is 13.8 Å². The number of nitrogens with zero attached hydrogens (tertiary/aromatic N) is 3. The van der Waals surface area contributed by atoms with Crippen LogP contribution in [-0.4, -0.2) is 14.0 Å². The molecule has 0 atom stereocenters. The summed E-state index contributed by atoms with van der Waals surface area (Å²) >= 11 is 0. The van der Waals surface area contributed by atoms with E-state index in [9.17, 15) is 13.6 Å². The zero-order valence-corrected chi connectivity index (χ0v) is 14.2. The van der Waals surface area contributed by atoms with Gasteiger partial charge in [-0.15, -0.1) is 0 Å². The number of aromatic nitrogens is 3. The minimum atomic E-state index is -0.719. The fourth-order valence-corrected chi connectivity index (χ4v) is 3.10. The van der Waals surface area contributed by atoms with Crippen molar-refractivity contribution in [3.8, 4) is 16.9 Å². The number of imidazole rings is 1. The Morgan fingerprint density at radius 3 is 2.38 bits per heavy atom. The third-order valence-corrected chi connectivity index (χ3v) is 4.21. The zero-order valence-electron chi connectivity index (χ0n) is 14.2. The van der Waals surface area contributed by atoms with Gasteiger partial charge in [0.15, 0.2) is 0 Å². The summed E-state index contributed by atoms with van der Waals surface area (Å²) in [6.07, 6.45) is 4.89. The maximum atomic E-state index is 14.0. The molecule has 0 radical (unpaired) electrons. The van der Waals surface area contributed by atoms with Crippen LogP contribution >= 0.6 is 0 Å². The highest BCUT2D eigenvalue weighted by molar-refractivity contribution is 5.63. The Bertz CT molecular complexity index is 1190. The molecule has 0 unspecified atom stereocenters. The van der Waals surface area contributed by atoms with Gasteiger partial charge in [0.05, 0.1) is 5.69 Å². The van der Waals surface area contributed by atoms with Crippen LogP contribution in [0.4, 0.5) is 8.78 Å². The van der Waals surface area contributed by atoms with E-state index in [2.05, 4.69) is 4.98 Å². The van der Waals surface area contributed by atoms with E-state index in [-0.39, 0.29) is 22.5 Å². The van der Waals surface area contributed by atoms with Crippen LogP contribution in [0.2, 0.25) is 0 Å². The van der Waals surface area contributed by atoms with Crippen molar-refractivity contribution in [1.29, 1.82) is 0 Å². The lowest BCUT2D eigenvalue weighted by Gasteiger charge is -2.08. The number of aryl methyl sites for hydroxylation is 2. The summed E-state index contributed by atoms with van der Waals surface area (Å²) in [6.45, 7) is 3.93. The molecular weight excluding hydrogens is 336 g/mol. The van der Waals surface area contributed by atoms with Crippen LogP contribution in [0.25, 0.3) is 22.6 Å². The van der Waals surface area contributed by atoms with Crippen LogP contribution < -0.4 is 5.56 Å². The second-order valence-electron chi connectivity index (χ2n) is 6.30. The van der Waals surface area contributed by atoms with E-state index in [4.69, 9.17) is 0 Å². The van der Waals surface area contributed by atoms with Crippen LogP contribution in [0, 0.1) is 25.5 Å². The van der Waals surface area contributed by atoms with Crippen LogP contribution in [0.3, 0.4) is 0 Å². The predicted molar refractivity (Wildman–Crippen MR) is 95.6 cm³/mol. The SMILES string of the molecule is Cc1cc(C)cc(-n2ccn3cc(-c4ccc(F)cc4F)nc3c2=O)c1. The van der Waals surface area contributed by atoms with E-state index >= 15 is 0 Å². The average molecular weight is 351 g/mol. The molecule has 4 aromatic rings. The molecule has 0 aliphatic rings. The van der Waals surface area contributed by atoms with Gasteiger partial charge in [-0.1, -0.05) is 6.07 Å². The first-order chi connectivity index (χ1) is 12.4. The molecule has 26 heavy (non-hydrogen) atoms. The lowest BCUT2D eigenvalue weighted by Crippen LogP contribution is -2.20. The maximum absolute atomic E-state index is 14.0. The molecule has 130 valence electrons. The van der Waals surface area contributed by atoms with E-state index in [1.54, 1.807) is 23.0 Å². The molecule has 0 aliphatic carbocycles. The lowest BCUT2D eigenvalue weighted by atomic mass is 10.1. The molecule has 0 N–H and O–H groups in total. The summed E-state index contributed by atoms with van der Waals surface area (Å²) in [5.41, 5.74) is 3.11. The molecule has 0 fully saturated rings. The largest absolute Gasteiger partial charge is 0.300 e. The lowest BCUT2D eigenvalue weighted by molar-refractivity contribution is 0.585. The minimum absolute atomic E-state index is 0.146. The molecule has 2 heterocycles. The fourth-order valence-electron chi connectivity index (χ4n) is 3.10. The molecule has 0 aliphatic heterocycles. The minimum Gasteiger partial charge on any atom is -0.300 e. The van der Waals surface area contributed by atoms with Gasteiger partial charge in [-0.05, 0) is 49.2 Å². The molecule has 0 amide bonds. The fraction of sp³-hybridized carbons (Fsp3) is 0.100. The average Bonchev–Trinajstić information content (AvgIpc) is 2.99. The van der Waals surface area contributed by atoms with Crippen LogP contribution in [0.15, 0.2) is 59.8 Å². The van der Waals surface area contributed by atoms with Gasteiger partial charge in [0.1, 0.15) is 11.6 Å². The van der Waals surface area contributed by atoms with E-state index in [1.807, 2.05) is 32.0 Å². The third-order valence-electron chi connectivity index (χ3n) is 4.21. The summed E-state index contributed by atoms with van der Waals surface area (Å²) in [7, 11) is 0. The van der Waals surface area contributed by atoms with Gasteiger partial charge < -0.3 is 4.40 Å². The van der Waals surface area contributed by atoms with Crippen LogP contribution in [0.5, 0.6) is 0 Å². The molecule has 4 rings (SSSR count). The number of halogens is 2. The Morgan fingerprint density at radius 1 is 0.962 bits per heavy atom. The summed E-state index contributed by atoms with van der Waals surface area (Å²) in [5, 5.41) is 0. The molecule has 2 aromatic heterocycles. The molecular formula is C20H15F2N3O. The summed E-state index contributed by atoms with van der Waals surface area (Å²) in [6, 6.07) is 9.12. The summed E-state index contributed by atoms with van der Waals surface area (Å²) < 4.78 is 30.2. The number of benzene rings is 2. The number of hydrogen-bond acceptors (Lipinski definition) is 2. The first kappa shape index (κ1) is 16.2. The van der Waals surface area contributed by atoms with Crippen molar-refractivity contribution in [1.82, 2.24) is 14.0 Å². The third kappa shape index (κ3) is 2.69. The first-order valence-electron chi connectivity index (χ1n) is 8.07. The van der Waals surface area contributed by atoms with Gasteiger partial charge in [0.25, 0.3) is 5.56 Å². The smallest absolute Gasteiger partial charge is 0.298 e. The molecule has 0 saturated carbocycles. The van der Waals surface area contributed by atoms with Gasteiger partial charge in [0.2, 0.25) is 5.65 Å². The number of hydrogen-bond donors (Lipinski definition) is 0. The Labute approximate surface area is 148 Å². The van der Waals surface area contributed by atoms with Gasteiger partial charge >= 0.3 is 0 Å². The Morgan fingerprint density at radius 2 is 1.69 bits per heavy atom. The van der Waals surface area contributed by atoms with Crippen molar-refractivity contribution in [3.05, 3.63) is 88.1 Å². The predicted octanol–water partition coefficient (Wildman–Crippen LogP) is 4.05. The molecule has 0 saturated heterocycles. The van der Waals surface area contributed by atoms with Gasteiger partial charge in [0, 0.05) is 35.9 Å². The Hall–Kier alpha value is -3.28. The van der Waals surface area contributed by atoms with E-state index in [0.29, 0.717) is 0 Å². The van der Waals surface area contributed by atoms with Gasteiger partial charge in [-0.25, -0.2) is 13.8 Å². The summed E-state index contributed by atoms with van der Waals surface area (Å²) in [5.74, 6) is -1.38. The molecule has 0 bridgehead atoms. The quantitative estimate of drug-likeness (QED) is 0.547. The maximum Gasteiger partial charge on any atom is 0.298 e.